The molecule has 0 aliphatic carbocycles. The first-order valence-corrected chi connectivity index (χ1v) is 2.81. The molecule has 0 aromatic carbocycles. The van der Waals surface area contributed by atoms with E-state index in [4.69, 9.17) is 5.11 Å². The van der Waals surface area contributed by atoms with Gasteiger partial charge in [-0.1, -0.05) is 0 Å². The van der Waals surface area contributed by atoms with Gasteiger partial charge in [0, 0.05) is 6.61 Å². The average Bonchev–Trinajstić information content (AvgIpc) is 1.27. The lowest BCUT2D eigenvalue weighted by molar-refractivity contribution is -0.849. The zero-order valence-corrected chi connectivity index (χ0v) is 6.60. The van der Waals surface area contributed by atoms with Crippen LogP contribution < -0.4 is 0 Å². The largest absolute Gasteiger partial charge is 0.397 e. The highest BCUT2D eigenvalue weighted by Crippen LogP contribution is 1.73. The number of quaternary nitrogens is 1. The quantitative estimate of drug-likeness (QED) is 0.456. The van der Waals surface area contributed by atoms with Crippen molar-refractivity contribution in [2.24, 2.45) is 0 Å². The van der Waals surface area contributed by atoms with E-state index in [0.717, 1.165) is 4.48 Å². The molecule has 0 aliphatic rings. The number of aliphatic hydroxyl groups is 1. The van der Waals surface area contributed by atoms with Gasteiger partial charge >= 0.3 is 0 Å². The first-order valence-electron chi connectivity index (χ1n) is 2.81. The highest BCUT2D eigenvalue weighted by Gasteiger charge is 1.88. The van der Waals surface area contributed by atoms with Crippen molar-refractivity contribution in [1.82, 2.24) is 0 Å². The Bertz CT molecular complexity index is 32.3. The zero-order chi connectivity index (χ0) is 7.21. The highest BCUT2D eigenvalue weighted by molar-refractivity contribution is 3.87. The van der Waals surface area contributed by atoms with E-state index in [1.54, 1.807) is 6.92 Å². The zero-order valence-electron chi connectivity index (χ0n) is 6.60. The van der Waals surface area contributed by atoms with Gasteiger partial charge in [-0.3, -0.25) is 0 Å². The lowest BCUT2D eigenvalue weighted by atomic mass is 10.8. The van der Waals surface area contributed by atoms with E-state index in [-0.39, 0.29) is 6.61 Å². The van der Waals surface area contributed by atoms with E-state index in [0.29, 0.717) is 0 Å². The minimum atomic E-state index is 0.250. The van der Waals surface area contributed by atoms with Gasteiger partial charge in [-0.25, -0.2) is 0 Å². The summed E-state index contributed by atoms with van der Waals surface area (Å²) < 4.78 is 1.00. The van der Waals surface area contributed by atoms with Crippen LogP contribution in [0.2, 0.25) is 0 Å². The van der Waals surface area contributed by atoms with Crippen LogP contribution in [-0.2, 0) is 0 Å². The maximum absolute atomic E-state index is 7.57. The van der Waals surface area contributed by atoms with Crippen molar-refractivity contribution < 1.29 is 9.59 Å². The van der Waals surface area contributed by atoms with Crippen LogP contribution in [0.25, 0.3) is 0 Å². The molecule has 0 saturated carbocycles. The first kappa shape index (κ1) is 10.8. The van der Waals surface area contributed by atoms with Crippen LogP contribution in [0.5, 0.6) is 0 Å². The van der Waals surface area contributed by atoms with Crippen molar-refractivity contribution in [3.05, 3.63) is 0 Å². The molecular weight excluding hydrogens is 102 g/mol. The van der Waals surface area contributed by atoms with Gasteiger partial charge in [0.25, 0.3) is 0 Å². The lowest BCUT2D eigenvalue weighted by Crippen LogP contribution is -2.27. The summed E-state index contributed by atoms with van der Waals surface area (Å²) >= 11 is 0. The third kappa shape index (κ3) is 22400. The molecule has 0 atom stereocenters. The van der Waals surface area contributed by atoms with Crippen molar-refractivity contribution in [3.63, 3.8) is 0 Å². The Morgan fingerprint density at radius 1 is 1.12 bits per heavy atom. The number of rotatable bonds is 0. The van der Waals surface area contributed by atoms with Gasteiger partial charge in [0.1, 0.15) is 0 Å². The van der Waals surface area contributed by atoms with Crippen LogP contribution in [-0.4, -0.2) is 44.4 Å². The fraction of sp³-hybridized carbons (Fsp3) is 1.00. The lowest BCUT2D eigenvalue weighted by Gasteiger charge is -2.14. The van der Waals surface area contributed by atoms with E-state index < -0.39 is 0 Å². The van der Waals surface area contributed by atoms with Crippen LogP contribution in [0.1, 0.15) is 6.92 Å². The number of nitrogens with zero attached hydrogens (tertiary/aromatic N) is 1. The van der Waals surface area contributed by atoms with Crippen molar-refractivity contribution in [1.29, 1.82) is 0 Å². The molecule has 2 heteroatoms. The van der Waals surface area contributed by atoms with E-state index in [1.165, 1.54) is 0 Å². The number of hydrogen-bond donors (Lipinski definition) is 1. The van der Waals surface area contributed by atoms with Gasteiger partial charge in [-0.15, -0.1) is 0 Å². The topological polar surface area (TPSA) is 20.2 Å². The molecule has 0 heterocycles. The van der Waals surface area contributed by atoms with Gasteiger partial charge < -0.3 is 9.59 Å². The Morgan fingerprint density at radius 2 is 1.12 bits per heavy atom. The molecule has 2 nitrogen and oxygen atoms in total. The summed E-state index contributed by atoms with van der Waals surface area (Å²) in [6, 6.07) is 0. The Labute approximate surface area is 52.3 Å². The van der Waals surface area contributed by atoms with E-state index in [9.17, 15) is 0 Å². The molecule has 52 valence electrons. The van der Waals surface area contributed by atoms with Crippen molar-refractivity contribution in [3.8, 4) is 0 Å². The maximum atomic E-state index is 7.57. The molecule has 0 aliphatic heterocycles. The van der Waals surface area contributed by atoms with Crippen LogP contribution >= 0.6 is 0 Å². The maximum Gasteiger partial charge on any atom is 0.0675 e. The minimum Gasteiger partial charge on any atom is -0.397 e. The summed E-state index contributed by atoms with van der Waals surface area (Å²) in [5.41, 5.74) is 0. The summed E-state index contributed by atoms with van der Waals surface area (Å²) in [4.78, 5) is 0. The molecule has 0 rings (SSSR count). The summed E-state index contributed by atoms with van der Waals surface area (Å²) in [6.45, 7) is 1.93. The molecule has 0 amide bonds. The van der Waals surface area contributed by atoms with Crippen LogP contribution in [0.15, 0.2) is 0 Å². The molecule has 0 saturated heterocycles. The van der Waals surface area contributed by atoms with E-state index in [2.05, 4.69) is 28.2 Å². The second-order valence-corrected chi connectivity index (χ2v) is 3.00. The fourth-order valence-electron chi connectivity index (χ4n) is 0. The molecule has 0 fully saturated rings. The summed E-state index contributed by atoms with van der Waals surface area (Å²) in [7, 11) is 8.50. The Balaban J connectivity index is 0. The molecule has 0 spiro atoms. The Morgan fingerprint density at radius 3 is 1.12 bits per heavy atom. The van der Waals surface area contributed by atoms with Crippen LogP contribution in [0, 0.1) is 0 Å². The average molecular weight is 120 g/mol. The first-order chi connectivity index (χ1) is 3.41. The van der Waals surface area contributed by atoms with Gasteiger partial charge in [0.2, 0.25) is 0 Å². The molecule has 1 N–H and O–H groups in total. The van der Waals surface area contributed by atoms with Crippen molar-refractivity contribution in [2.45, 2.75) is 6.92 Å². The Kier molecular flexibility index (Phi) is 6.85. The second-order valence-electron chi connectivity index (χ2n) is 3.00. The predicted molar refractivity (Wildman–Crippen MR) is 36.7 cm³/mol. The van der Waals surface area contributed by atoms with Crippen LogP contribution in [0.3, 0.4) is 0 Å². The summed E-state index contributed by atoms with van der Waals surface area (Å²) in [5, 5.41) is 7.57. The van der Waals surface area contributed by atoms with Gasteiger partial charge in [0.05, 0.1) is 28.2 Å². The molecule has 0 aromatic heterocycles. The molecule has 8 heavy (non-hydrogen) atoms. The standard InChI is InChI=1S/C4H12N.C2H6O/c1-5(2,3)4;1-2-3/h1-4H3;3H,2H2,1H3/q+1;. The predicted octanol–water partition coefficient (Wildman–Crippen LogP) is 0.321. The Hall–Kier alpha value is -0.0800. The van der Waals surface area contributed by atoms with Gasteiger partial charge in [-0.2, -0.15) is 0 Å². The monoisotopic (exact) mass is 120 g/mol. The molecule has 0 unspecified atom stereocenters. The van der Waals surface area contributed by atoms with Crippen molar-refractivity contribution >= 4 is 0 Å². The number of hydrogen-bond acceptors (Lipinski definition) is 1. The number of aliphatic hydroxyl groups excluding tert-OH is 1. The van der Waals surface area contributed by atoms with Crippen LogP contribution in [0.4, 0.5) is 0 Å². The smallest absolute Gasteiger partial charge is 0.0675 e. The fourth-order valence-corrected chi connectivity index (χ4v) is 0. The molecule has 0 aromatic rings. The third-order valence-electron chi connectivity index (χ3n) is 0. The molecule has 0 bridgehead atoms. The van der Waals surface area contributed by atoms with Crippen molar-refractivity contribution in [2.75, 3.05) is 34.8 Å². The van der Waals surface area contributed by atoms with Gasteiger partial charge in [0.15, 0.2) is 0 Å². The van der Waals surface area contributed by atoms with Gasteiger partial charge in [-0.05, 0) is 6.92 Å². The second kappa shape index (κ2) is 5.06. The van der Waals surface area contributed by atoms with E-state index in [1.807, 2.05) is 0 Å². The molecular formula is C6H18NO+. The summed E-state index contributed by atoms with van der Waals surface area (Å²) in [5.74, 6) is 0. The summed E-state index contributed by atoms with van der Waals surface area (Å²) in [6.07, 6.45) is 0. The molecule has 0 radical (unpaired) electrons. The van der Waals surface area contributed by atoms with E-state index >= 15 is 0 Å². The minimum absolute atomic E-state index is 0.250. The third-order valence-corrected chi connectivity index (χ3v) is 0. The SMILES string of the molecule is CCO.C[N+](C)(C)C. The highest BCUT2D eigenvalue weighted by atomic mass is 16.2. The normalized spacial score (nSPS) is 9.75.